The van der Waals surface area contributed by atoms with E-state index in [1.807, 2.05) is 11.7 Å². The highest BCUT2D eigenvalue weighted by Gasteiger charge is 2.17. The van der Waals surface area contributed by atoms with Crippen LogP contribution in [-0.2, 0) is 13.5 Å². The molecule has 0 saturated heterocycles. The van der Waals surface area contributed by atoms with Crippen LogP contribution in [0.4, 0.5) is 0 Å². The van der Waals surface area contributed by atoms with Crippen molar-refractivity contribution in [3.8, 4) is 0 Å². The van der Waals surface area contributed by atoms with Crippen LogP contribution in [0.5, 0.6) is 0 Å². The van der Waals surface area contributed by atoms with Gasteiger partial charge in [-0.2, -0.15) is 5.10 Å². The fraction of sp³-hybridized carbons (Fsp3) is 0.722. The van der Waals surface area contributed by atoms with Crippen molar-refractivity contribution in [2.45, 2.75) is 71.8 Å². The zero-order valence-corrected chi connectivity index (χ0v) is 14.2. The van der Waals surface area contributed by atoms with Crippen molar-refractivity contribution in [2.24, 2.45) is 7.05 Å². The second kappa shape index (κ2) is 7.79. The minimum Gasteiger partial charge on any atom is -0.310 e. The van der Waals surface area contributed by atoms with E-state index in [0.717, 1.165) is 13.0 Å². The lowest BCUT2D eigenvalue weighted by molar-refractivity contribution is 0.501. The molecule has 0 bridgehead atoms. The second-order valence-corrected chi connectivity index (χ2v) is 6.34. The third-order valence-corrected chi connectivity index (χ3v) is 4.76. The first kappa shape index (κ1) is 16.3. The van der Waals surface area contributed by atoms with Gasteiger partial charge in [0.05, 0.1) is 5.69 Å². The summed E-state index contributed by atoms with van der Waals surface area (Å²) < 4.78 is 2.01. The molecule has 0 aromatic carbocycles. The highest BCUT2D eigenvalue weighted by atomic mass is 15.3. The number of aromatic nitrogens is 2. The Labute approximate surface area is 129 Å². The van der Waals surface area contributed by atoms with Crippen LogP contribution >= 0.6 is 0 Å². The predicted molar refractivity (Wildman–Crippen MR) is 89.6 cm³/mol. The third-order valence-electron chi connectivity index (χ3n) is 4.76. The van der Waals surface area contributed by atoms with Crippen molar-refractivity contribution in [2.75, 3.05) is 6.54 Å². The smallest absolute Gasteiger partial charge is 0.0628 e. The van der Waals surface area contributed by atoms with Crippen LogP contribution in [0.3, 0.4) is 0 Å². The summed E-state index contributed by atoms with van der Waals surface area (Å²) in [4.78, 5) is 0. The number of allylic oxidation sites excluding steroid dienone is 1. The van der Waals surface area contributed by atoms with Gasteiger partial charge in [0.15, 0.2) is 0 Å². The standard InChI is InChI=1S/C18H31N3/c1-5-13-19-18(16-9-7-6-8-10-16)12-11-17-14(2)20-21(4)15(17)3/h9,18-19H,5-8,10-13H2,1-4H3. The second-order valence-electron chi connectivity index (χ2n) is 6.34. The first-order valence-corrected chi connectivity index (χ1v) is 8.54. The summed E-state index contributed by atoms with van der Waals surface area (Å²) in [5, 5.41) is 8.30. The predicted octanol–water partition coefficient (Wildman–Crippen LogP) is 3.84. The molecule has 118 valence electrons. The van der Waals surface area contributed by atoms with Gasteiger partial charge in [0.2, 0.25) is 0 Å². The van der Waals surface area contributed by atoms with Crippen molar-refractivity contribution in [1.82, 2.24) is 15.1 Å². The van der Waals surface area contributed by atoms with Crippen LogP contribution in [0, 0.1) is 13.8 Å². The Morgan fingerprint density at radius 1 is 1.33 bits per heavy atom. The minimum absolute atomic E-state index is 0.559. The summed E-state index contributed by atoms with van der Waals surface area (Å²) >= 11 is 0. The maximum Gasteiger partial charge on any atom is 0.0628 e. The summed E-state index contributed by atoms with van der Waals surface area (Å²) in [7, 11) is 2.04. The number of nitrogens with one attached hydrogen (secondary N) is 1. The van der Waals surface area contributed by atoms with E-state index in [9.17, 15) is 0 Å². The summed E-state index contributed by atoms with van der Waals surface area (Å²) in [5.41, 5.74) is 5.60. The van der Waals surface area contributed by atoms with E-state index in [4.69, 9.17) is 0 Å². The van der Waals surface area contributed by atoms with Gasteiger partial charge >= 0.3 is 0 Å². The fourth-order valence-corrected chi connectivity index (χ4v) is 3.38. The summed E-state index contributed by atoms with van der Waals surface area (Å²) in [5.74, 6) is 0. The van der Waals surface area contributed by atoms with Gasteiger partial charge < -0.3 is 5.32 Å². The van der Waals surface area contributed by atoms with E-state index in [1.165, 1.54) is 55.5 Å². The molecular weight excluding hydrogens is 258 g/mol. The molecule has 1 heterocycles. The number of hydrogen-bond donors (Lipinski definition) is 1. The van der Waals surface area contributed by atoms with Gasteiger partial charge in [-0.15, -0.1) is 0 Å². The zero-order valence-electron chi connectivity index (χ0n) is 14.2. The van der Waals surface area contributed by atoms with E-state index in [0.29, 0.717) is 6.04 Å². The summed E-state index contributed by atoms with van der Waals surface area (Å²) in [6.45, 7) is 7.68. The first-order chi connectivity index (χ1) is 10.1. The van der Waals surface area contributed by atoms with Crippen LogP contribution in [0.1, 0.15) is 62.4 Å². The highest BCUT2D eigenvalue weighted by Crippen LogP contribution is 2.24. The van der Waals surface area contributed by atoms with Crippen LogP contribution in [-0.4, -0.2) is 22.4 Å². The fourth-order valence-electron chi connectivity index (χ4n) is 3.38. The van der Waals surface area contributed by atoms with Crippen LogP contribution in [0.15, 0.2) is 11.6 Å². The lowest BCUT2D eigenvalue weighted by Gasteiger charge is -2.24. The van der Waals surface area contributed by atoms with E-state index < -0.39 is 0 Å². The molecule has 0 aliphatic heterocycles. The Bertz CT molecular complexity index is 485. The highest BCUT2D eigenvalue weighted by molar-refractivity contribution is 5.25. The molecule has 1 aromatic heterocycles. The molecule has 3 nitrogen and oxygen atoms in total. The van der Waals surface area contributed by atoms with Crippen molar-refractivity contribution in [3.63, 3.8) is 0 Å². The van der Waals surface area contributed by atoms with Crippen LogP contribution in [0.25, 0.3) is 0 Å². The van der Waals surface area contributed by atoms with Gasteiger partial charge in [-0.3, -0.25) is 4.68 Å². The Morgan fingerprint density at radius 3 is 2.71 bits per heavy atom. The molecule has 3 heteroatoms. The van der Waals surface area contributed by atoms with Gasteiger partial charge in [-0.05, 0) is 70.9 Å². The molecule has 0 radical (unpaired) electrons. The largest absolute Gasteiger partial charge is 0.310 e. The number of nitrogens with zero attached hydrogens (tertiary/aromatic N) is 2. The lowest BCUT2D eigenvalue weighted by atomic mass is 9.90. The van der Waals surface area contributed by atoms with Gasteiger partial charge in [0.25, 0.3) is 0 Å². The van der Waals surface area contributed by atoms with Crippen LogP contribution in [0.2, 0.25) is 0 Å². The molecule has 21 heavy (non-hydrogen) atoms. The van der Waals surface area contributed by atoms with E-state index in [2.05, 4.69) is 37.3 Å². The molecule has 0 saturated carbocycles. The minimum atomic E-state index is 0.559. The normalized spacial score (nSPS) is 16.9. The molecule has 1 aromatic rings. The first-order valence-electron chi connectivity index (χ1n) is 8.54. The maximum absolute atomic E-state index is 4.54. The maximum atomic E-state index is 4.54. The quantitative estimate of drug-likeness (QED) is 0.773. The van der Waals surface area contributed by atoms with Crippen LogP contribution < -0.4 is 5.32 Å². The van der Waals surface area contributed by atoms with E-state index in [1.54, 1.807) is 5.57 Å². The zero-order chi connectivity index (χ0) is 15.2. The van der Waals surface area contributed by atoms with E-state index in [-0.39, 0.29) is 0 Å². The topological polar surface area (TPSA) is 29.9 Å². The molecule has 0 spiro atoms. The average Bonchev–Trinajstić information content (AvgIpc) is 2.74. The third kappa shape index (κ3) is 4.19. The summed E-state index contributed by atoms with van der Waals surface area (Å²) in [6.07, 6.45) is 11.3. The molecule has 0 fully saturated rings. The van der Waals surface area contributed by atoms with Crippen molar-refractivity contribution < 1.29 is 0 Å². The van der Waals surface area contributed by atoms with Gasteiger partial charge in [0, 0.05) is 18.8 Å². The summed E-state index contributed by atoms with van der Waals surface area (Å²) in [6, 6.07) is 0.559. The Balaban J connectivity index is 2.02. The molecule has 2 rings (SSSR count). The SMILES string of the molecule is CCCNC(CCc1c(C)nn(C)c1C)C1=CCCCC1. The molecule has 1 aliphatic carbocycles. The Morgan fingerprint density at radius 2 is 2.14 bits per heavy atom. The van der Waals surface area contributed by atoms with Crippen molar-refractivity contribution in [1.29, 1.82) is 0 Å². The molecular formula is C18H31N3. The number of rotatable bonds is 7. The van der Waals surface area contributed by atoms with Gasteiger partial charge in [-0.25, -0.2) is 0 Å². The molecule has 1 atom stereocenters. The monoisotopic (exact) mass is 289 g/mol. The van der Waals surface area contributed by atoms with Gasteiger partial charge in [-0.1, -0.05) is 18.6 Å². The average molecular weight is 289 g/mol. The Hall–Kier alpha value is -1.09. The number of aryl methyl sites for hydroxylation is 2. The molecule has 1 unspecified atom stereocenters. The van der Waals surface area contributed by atoms with Crippen molar-refractivity contribution >= 4 is 0 Å². The molecule has 1 N–H and O–H groups in total. The Kier molecular flexibility index (Phi) is 6.04. The molecule has 0 amide bonds. The lowest BCUT2D eigenvalue weighted by Crippen LogP contribution is -2.32. The molecule has 1 aliphatic rings. The van der Waals surface area contributed by atoms with Crippen molar-refractivity contribution in [3.05, 3.63) is 28.6 Å². The number of hydrogen-bond acceptors (Lipinski definition) is 2. The van der Waals surface area contributed by atoms with Gasteiger partial charge in [0.1, 0.15) is 0 Å². The van der Waals surface area contributed by atoms with E-state index >= 15 is 0 Å².